The topological polar surface area (TPSA) is 35.5 Å². The zero-order valence-electron chi connectivity index (χ0n) is 17.6. The first-order valence-electron chi connectivity index (χ1n) is 10.3. The van der Waals surface area contributed by atoms with E-state index in [0.29, 0.717) is 6.61 Å². The molecule has 0 aliphatic heterocycles. The average molecular weight is 421 g/mol. The first-order valence-corrected chi connectivity index (χ1v) is 11.4. The number of carbonyl (C=O) groups is 1. The van der Waals surface area contributed by atoms with Crippen LogP contribution in [0.3, 0.4) is 0 Å². The van der Waals surface area contributed by atoms with E-state index in [-0.39, 0.29) is 12.4 Å². The quantitative estimate of drug-likeness (QED) is 0.282. The van der Waals surface area contributed by atoms with E-state index >= 15 is 0 Å². The third kappa shape index (κ3) is 6.96. The molecule has 0 N–H and O–H groups in total. The van der Waals surface area contributed by atoms with Gasteiger partial charge in [-0.15, -0.1) is 0 Å². The Kier molecular flexibility index (Phi) is 8.40. The summed E-state index contributed by atoms with van der Waals surface area (Å²) < 4.78 is 11.2. The van der Waals surface area contributed by atoms with Gasteiger partial charge in [-0.1, -0.05) is 60.2 Å². The first kappa shape index (κ1) is 22.0. The van der Waals surface area contributed by atoms with Crippen molar-refractivity contribution in [2.45, 2.75) is 32.4 Å². The maximum absolute atomic E-state index is 11.8. The highest BCUT2D eigenvalue weighted by atomic mass is 32.2. The number of esters is 1. The van der Waals surface area contributed by atoms with Gasteiger partial charge in [0.1, 0.15) is 11.5 Å². The molecular weight excluding hydrogens is 392 g/mol. The molecule has 3 nitrogen and oxygen atoms in total. The minimum absolute atomic E-state index is 0.222. The summed E-state index contributed by atoms with van der Waals surface area (Å²) in [6, 6.07) is 24.5. The predicted octanol–water partition coefficient (Wildman–Crippen LogP) is 6.37. The zero-order valence-corrected chi connectivity index (χ0v) is 18.4. The molecule has 0 heterocycles. The zero-order chi connectivity index (χ0) is 21.2. The molecule has 0 spiro atoms. The van der Waals surface area contributed by atoms with E-state index in [0.717, 1.165) is 35.0 Å². The van der Waals surface area contributed by atoms with Crippen molar-refractivity contribution in [2.75, 3.05) is 12.4 Å². The van der Waals surface area contributed by atoms with Gasteiger partial charge in [0.2, 0.25) is 0 Å². The molecule has 0 aromatic heterocycles. The van der Waals surface area contributed by atoms with Crippen molar-refractivity contribution in [2.24, 2.45) is 0 Å². The monoisotopic (exact) mass is 420 g/mol. The summed E-state index contributed by atoms with van der Waals surface area (Å²) in [5, 5.41) is 0. The van der Waals surface area contributed by atoms with Crippen molar-refractivity contribution in [3.63, 3.8) is 0 Å². The Balaban J connectivity index is 1.62. The lowest BCUT2D eigenvalue weighted by molar-refractivity contribution is -0.142. The van der Waals surface area contributed by atoms with Gasteiger partial charge in [-0.05, 0) is 55.3 Å². The highest BCUT2D eigenvalue weighted by molar-refractivity contribution is 7.98. The Morgan fingerprint density at radius 2 is 1.73 bits per heavy atom. The third-order valence-electron chi connectivity index (χ3n) is 4.63. The van der Waals surface area contributed by atoms with Crippen LogP contribution in [0.25, 0.3) is 0 Å². The standard InChI is InChI=1S/C26H28O3S/c1-3-28-26(27)18-22-10-7-11-24(17-22)29-25-13-12-20(2)16-23(25)19-30-15-14-21-8-5-4-6-9-21/h4-13,16-17H,3,14-15,18-19H2,1-2H3. The number of carbonyl (C=O) groups excluding carboxylic acids is 1. The Bertz CT molecular complexity index is 954. The summed E-state index contributed by atoms with van der Waals surface area (Å²) in [5.41, 5.74) is 4.65. The molecule has 0 aliphatic carbocycles. The molecule has 0 aliphatic rings. The Morgan fingerprint density at radius 1 is 0.933 bits per heavy atom. The fraction of sp³-hybridized carbons (Fsp3) is 0.269. The molecule has 3 aromatic carbocycles. The molecule has 0 amide bonds. The number of aryl methyl sites for hydroxylation is 2. The number of ether oxygens (including phenoxy) is 2. The second kappa shape index (κ2) is 11.5. The van der Waals surface area contributed by atoms with E-state index in [1.807, 2.05) is 49.0 Å². The minimum Gasteiger partial charge on any atom is -0.466 e. The van der Waals surface area contributed by atoms with Crippen LogP contribution in [0.5, 0.6) is 11.5 Å². The number of benzene rings is 3. The van der Waals surface area contributed by atoms with E-state index in [9.17, 15) is 4.79 Å². The molecule has 156 valence electrons. The van der Waals surface area contributed by atoms with Crippen LogP contribution in [0, 0.1) is 6.92 Å². The van der Waals surface area contributed by atoms with Gasteiger partial charge >= 0.3 is 5.97 Å². The highest BCUT2D eigenvalue weighted by Gasteiger charge is 2.09. The molecule has 30 heavy (non-hydrogen) atoms. The predicted molar refractivity (Wildman–Crippen MR) is 124 cm³/mol. The van der Waals surface area contributed by atoms with Gasteiger partial charge < -0.3 is 9.47 Å². The van der Waals surface area contributed by atoms with Crippen LogP contribution < -0.4 is 4.74 Å². The minimum atomic E-state index is -0.222. The highest BCUT2D eigenvalue weighted by Crippen LogP contribution is 2.30. The SMILES string of the molecule is CCOC(=O)Cc1cccc(Oc2ccc(C)cc2CSCCc2ccccc2)c1. The van der Waals surface area contributed by atoms with Crippen LogP contribution in [0.4, 0.5) is 0 Å². The summed E-state index contributed by atoms with van der Waals surface area (Å²) >= 11 is 1.91. The van der Waals surface area contributed by atoms with Crippen LogP contribution in [-0.2, 0) is 28.1 Å². The summed E-state index contributed by atoms with van der Waals surface area (Å²) in [7, 11) is 0. The van der Waals surface area contributed by atoms with E-state index in [1.165, 1.54) is 16.7 Å². The summed E-state index contributed by atoms with van der Waals surface area (Å²) in [6.45, 7) is 4.31. The van der Waals surface area contributed by atoms with Crippen LogP contribution in [0.15, 0.2) is 72.8 Å². The molecule has 0 fully saturated rings. The second-order valence-corrected chi connectivity index (χ2v) is 8.24. The van der Waals surface area contributed by atoms with Gasteiger partial charge in [-0.2, -0.15) is 11.8 Å². The third-order valence-corrected chi connectivity index (χ3v) is 5.64. The molecule has 0 saturated heterocycles. The van der Waals surface area contributed by atoms with Crippen LogP contribution in [0.1, 0.15) is 29.2 Å². The van der Waals surface area contributed by atoms with Gasteiger partial charge in [0.15, 0.2) is 0 Å². The molecule has 0 radical (unpaired) electrons. The van der Waals surface area contributed by atoms with E-state index in [2.05, 4.69) is 49.4 Å². The van der Waals surface area contributed by atoms with Crippen molar-refractivity contribution in [1.82, 2.24) is 0 Å². The normalized spacial score (nSPS) is 10.6. The summed E-state index contributed by atoms with van der Waals surface area (Å²) in [5.74, 6) is 3.33. The second-order valence-electron chi connectivity index (χ2n) is 7.13. The lowest BCUT2D eigenvalue weighted by Crippen LogP contribution is -2.07. The molecule has 4 heteroatoms. The van der Waals surface area contributed by atoms with Gasteiger partial charge in [0, 0.05) is 11.3 Å². The van der Waals surface area contributed by atoms with Crippen molar-refractivity contribution >= 4 is 17.7 Å². The molecule has 0 unspecified atom stereocenters. The lowest BCUT2D eigenvalue weighted by Gasteiger charge is -2.13. The van der Waals surface area contributed by atoms with Gasteiger partial charge in [-0.3, -0.25) is 4.79 Å². The number of rotatable bonds is 10. The fourth-order valence-corrected chi connectivity index (χ4v) is 4.13. The van der Waals surface area contributed by atoms with Crippen molar-refractivity contribution < 1.29 is 14.3 Å². The number of hydrogen-bond acceptors (Lipinski definition) is 4. The molecule has 3 rings (SSSR count). The maximum atomic E-state index is 11.8. The van der Waals surface area contributed by atoms with E-state index in [4.69, 9.17) is 9.47 Å². The van der Waals surface area contributed by atoms with Crippen LogP contribution in [0.2, 0.25) is 0 Å². The summed E-state index contributed by atoms with van der Waals surface area (Å²) in [4.78, 5) is 11.8. The Hall–Kier alpha value is -2.72. The van der Waals surface area contributed by atoms with E-state index < -0.39 is 0 Å². The van der Waals surface area contributed by atoms with E-state index in [1.54, 1.807) is 0 Å². The Labute approximate surface area is 183 Å². The largest absolute Gasteiger partial charge is 0.466 e. The van der Waals surface area contributed by atoms with Crippen molar-refractivity contribution in [3.8, 4) is 11.5 Å². The lowest BCUT2D eigenvalue weighted by atomic mass is 10.1. The molecule has 0 bridgehead atoms. The molecular formula is C26H28O3S. The maximum Gasteiger partial charge on any atom is 0.310 e. The van der Waals surface area contributed by atoms with Crippen LogP contribution >= 0.6 is 11.8 Å². The Morgan fingerprint density at radius 3 is 2.53 bits per heavy atom. The van der Waals surface area contributed by atoms with Gasteiger partial charge in [0.25, 0.3) is 0 Å². The van der Waals surface area contributed by atoms with Gasteiger partial charge in [-0.25, -0.2) is 0 Å². The van der Waals surface area contributed by atoms with Crippen molar-refractivity contribution in [3.05, 3.63) is 95.1 Å². The molecule has 0 saturated carbocycles. The summed E-state index contributed by atoms with van der Waals surface area (Å²) in [6.07, 6.45) is 1.31. The first-order chi connectivity index (χ1) is 14.6. The van der Waals surface area contributed by atoms with Crippen molar-refractivity contribution in [1.29, 1.82) is 0 Å². The average Bonchev–Trinajstić information content (AvgIpc) is 2.74. The van der Waals surface area contributed by atoms with Gasteiger partial charge in [0.05, 0.1) is 13.0 Å². The number of thioether (sulfide) groups is 1. The fourth-order valence-electron chi connectivity index (χ4n) is 3.16. The van der Waals surface area contributed by atoms with Crippen LogP contribution in [-0.4, -0.2) is 18.3 Å². The number of hydrogen-bond donors (Lipinski definition) is 0. The smallest absolute Gasteiger partial charge is 0.310 e. The molecule has 0 atom stereocenters. The molecule has 3 aromatic rings.